The Hall–Kier alpha value is -2.95. The second-order valence-corrected chi connectivity index (χ2v) is 6.36. The lowest BCUT2D eigenvalue weighted by atomic mass is 9.92. The number of Topliss-reactive ketones (excluding diaryl/α,β-unsaturated/α-hetero) is 1. The van der Waals surface area contributed by atoms with E-state index in [-0.39, 0.29) is 23.9 Å². The molecule has 5 nitrogen and oxygen atoms in total. The fourth-order valence-electron chi connectivity index (χ4n) is 2.88. The van der Waals surface area contributed by atoms with Crippen molar-refractivity contribution in [1.82, 2.24) is 0 Å². The molecule has 1 N–H and O–H groups in total. The summed E-state index contributed by atoms with van der Waals surface area (Å²) in [6.07, 6.45) is 0. The summed E-state index contributed by atoms with van der Waals surface area (Å²) in [5.41, 5.74) is 5.02. The molecule has 0 unspecified atom stereocenters. The van der Waals surface area contributed by atoms with E-state index in [0.29, 0.717) is 11.3 Å². The molecule has 0 bridgehead atoms. The number of anilines is 1. The van der Waals surface area contributed by atoms with Crippen LogP contribution < -0.4 is 5.32 Å². The molecule has 0 fully saturated rings. The highest BCUT2D eigenvalue weighted by molar-refractivity contribution is 6.04. The van der Waals surface area contributed by atoms with E-state index in [9.17, 15) is 14.4 Å². The van der Waals surface area contributed by atoms with E-state index in [4.69, 9.17) is 4.74 Å². The third kappa shape index (κ3) is 4.17. The number of benzene rings is 2. The van der Waals surface area contributed by atoms with Gasteiger partial charge in [-0.25, -0.2) is 4.79 Å². The highest BCUT2D eigenvalue weighted by atomic mass is 16.5. The Kier molecular flexibility index (Phi) is 5.93. The maximum atomic E-state index is 12.6. The number of ether oxygens (including phenoxy) is 1. The number of para-hydroxylation sites is 1. The van der Waals surface area contributed by atoms with Crippen LogP contribution in [0.15, 0.2) is 30.3 Å². The van der Waals surface area contributed by atoms with Gasteiger partial charge < -0.3 is 10.1 Å². The highest BCUT2D eigenvalue weighted by Crippen LogP contribution is 2.22. The standard InChI is InChI=1S/C21H23NO4/c1-12-10-13(2)15(4)20(14(12)3)19(24)11-26-21(25)17-8-6-7-9-18(17)22-16(5)23/h6-10H,11H2,1-5H3,(H,22,23). The molecule has 2 rings (SSSR count). The van der Waals surface area contributed by atoms with Crippen LogP contribution in [-0.2, 0) is 9.53 Å². The first-order chi connectivity index (χ1) is 12.2. The SMILES string of the molecule is CC(=O)Nc1ccccc1C(=O)OCC(=O)c1c(C)c(C)cc(C)c1C. The van der Waals surface area contributed by atoms with Crippen LogP contribution in [0.2, 0.25) is 0 Å². The Bertz CT molecular complexity index is 858. The summed E-state index contributed by atoms with van der Waals surface area (Å²) in [7, 11) is 0. The van der Waals surface area contributed by atoms with Crippen LogP contribution in [0.4, 0.5) is 5.69 Å². The topological polar surface area (TPSA) is 72.5 Å². The lowest BCUT2D eigenvalue weighted by molar-refractivity contribution is -0.114. The minimum absolute atomic E-state index is 0.212. The van der Waals surface area contributed by atoms with Crippen LogP contribution >= 0.6 is 0 Å². The third-order valence-corrected chi connectivity index (χ3v) is 4.44. The van der Waals surface area contributed by atoms with Gasteiger partial charge >= 0.3 is 5.97 Å². The summed E-state index contributed by atoms with van der Waals surface area (Å²) in [6, 6.07) is 8.57. The zero-order valence-corrected chi connectivity index (χ0v) is 15.7. The minimum Gasteiger partial charge on any atom is -0.454 e. The summed E-state index contributed by atoms with van der Waals surface area (Å²) < 4.78 is 5.22. The predicted molar refractivity (Wildman–Crippen MR) is 101 cm³/mol. The normalized spacial score (nSPS) is 10.3. The van der Waals surface area contributed by atoms with Crippen molar-refractivity contribution in [3.05, 3.63) is 63.7 Å². The number of aryl methyl sites for hydroxylation is 2. The van der Waals surface area contributed by atoms with Crippen LogP contribution in [0.3, 0.4) is 0 Å². The maximum Gasteiger partial charge on any atom is 0.340 e. The van der Waals surface area contributed by atoms with Crippen molar-refractivity contribution in [2.75, 3.05) is 11.9 Å². The second-order valence-electron chi connectivity index (χ2n) is 6.36. The molecule has 2 aromatic rings. The first-order valence-electron chi connectivity index (χ1n) is 8.36. The number of carbonyl (C=O) groups is 3. The van der Waals surface area contributed by atoms with E-state index in [1.165, 1.54) is 6.92 Å². The number of amides is 1. The minimum atomic E-state index is -0.651. The highest BCUT2D eigenvalue weighted by Gasteiger charge is 2.19. The number of esters is 1. The molecular formula is C21H23NO4. The van der Waals surface area contributed by atoms with Crippen molar-refractivity contribution < 1.29 is 19.1 Å². The Morgan fingerprint density at radius 3 is 2.12 bits per heavy atom. The number of carbonyl (C=O) groups excluding carboxylic acids is 3. The first kappa shape index (κ1) is 19.4. The van der Waals surface area contributed by atoms with Gasteiger partial charge in [0.1, 0.15) is 0 Å². The molecule has 1 amide bonds. The Balaban J connectivity index is 2.19. The molecule has 0 saturated carbocycles. The predicted octanol–water partition coefficient (Wildman–Crippen LogP) is 3.92. The molecule has 2 aromatic carbocycles. The molecule has 0 aromatic heterocycles. The quantitative estimate of drug-likeness (QED) is 0.653. The Labute approximate surface area is 153 Å². The fourth-order valence-corrected chi connectivity index (χ4v) is 2.88. The van der Waals surface area contributed by atoms with E-state index < -0.39 is 5.97 Å². The number of hydrogen-bond donors (Lipinski definition) is 1. The molecule has 0 heterocycles. The summed E-state index contributed by atoms with van der Waals surface area (Å²) in [6.45, 7) is 8.70. The number of nitrogens with one attached hydrogen (secondary N) is 1. The van der Waals surface area contributed by atoms with Crippen LogP contribution in [-0.4, -0.2) is 24.3 Å². The van der Waals surface area contributed by atoms with Gasteiger partial charge in [0.25, 0.3) is 0 Å². The molecule has 0 aliphatic rings. The van der Waals surface area contributed by atoms with Gasteiger partial charge in [-0.05, 0) is 62.1 Å². The van der Waals surface area contributed by atoms with Crippen molar-refractivity contribution in [3.63, 3.8) is 0 Å². The largest absolute Gasteiger partial charge is 0.454 e. The van der Waals surface area contributed by atoms with Gasteiger partial charge in [-0.15, -0.1) is 0 Å². The van der Waals surface area contributed by atoms with Crippen molar-refractivity contribution in [2.24, 2.45) is 0 Å². The van der Waals surface area contributed by atoms with Crippen LogP contribution in [0.5, 0.6) is 0 Å². The van der Waals surface area contributed by atoms with Gasteiger partial charge in [-0.3, -0.25) is 9.59 Å². The van der Waals surface area contributed by atoms with E-state index in [1.54, 1.807) is 24.3 Å². The summed E-state index contributed by atoms with van der Waals surface area (Å²) >= 11 is 0. The van der Waals surface area contributed by atoms with Crippen molar-refractivity contribution >= 4 is 23.3 Å². The summed E-state index contributed by atoms with van der Waals surface area (Å²) in [4.78, 5) is 36.3. The molecular weight excluding hydrogens is 330 g/mol. The summed E-state index contributed by atoms with van der Waals surface area (Å²) in [5, 5.41) is 2.58. The van der Waals surface area contributed by atoms with Gasteiger partial charge in [0.15, 0.2) is 6.61 Å². The van der Waals surface area contributed by atoms with Crippen molar-refractivity contribution in [1.29, 1.82) is 0 Å². The van der Waals surface area contributed by atoms with Gasteiger partial charge in [-0.1, -0.05) is 18.2 Å². The monoisotopic (exact) mass is 353 g/mol. The third-order valence-electron chi connectivity index (χ3n) is 4.44. The second kappa shape index (κ2) is 7.95. The molecule has 26 heavy (non-hydrogen) atoms. The number of ketones is 1. The number of hydrogen-bond acceptors (Lipinski definition) is 4. The molecule has 136 valence electrons. The Morgan fingerprint density at radius 2 is 1.54 bits per heavy atom. The fraction of sp³-hybridized carbons (Fsp3) is 0.286. The van der Waals surface area contributed by atoms with Gasteiger partial charge in [0.2, 0.25) is 11.7 Å². The van der Waals surface area contributed by atoms with Crippen molar-refractivity contribution in [3.8, 4) is 0 Å². The molecule has 0 atom stereocenters. The van der Waals surface area contributed by atoms with Crippen LogP contribution in [0.1, 0.15) is 49.9 Å². The lowest BCUT2D eigenvalue weighted by Crippen LogP contribution is -2.18. The molecule has 0 radical (unpaired) electrons. The molecule has 0 aliphatic heterocycles. The van der Waals surface area contributed by atoms with E-state index in [1.807, 2.05) is 33.8 Å². The van der Waals surface area contributed by atoms with Crippen molar-refractivity contribution in [2.45, 2.75) is 34.6 Å². The maximum absolute atomic E-state index is 12.6. The average molecular weight is 353 g/mol. The van der Waals surface area contributed by atoms with E-state index >= 15 is 0 Å². The van der Waals surface area contributed by atoms with E-state index in [2.05, 4.69) is 5.32 Å². The smallest absolute Gasteiger partial charge is 0.340 e. The van der Waals surface area contributed by atoms with Gasteiger partial charge in [-0.2, -0.15) is 0 Å². The van der Waals surface area contributed by atoms with E-state index in [0.717, 1.165) is 22.3 Å². The zero-order valence-electron chi connectivity index (χ0n) is 15.7. The lowest BCUT2D eigenvalue weighted by Gasteiger charge is -2.15. The molecule has 5 heteroatoms. The van der Waals surface area contributed by atoms with Crippen LogP contribution in [0, 0.1) is 27.7 Å². The summed E-state index contributed by atoms with van der Waals surface area (Å²) in [5.74, 6) is -1.18. The Morgan fingerprint density at radius 1 is 0.962 bits per heavy atom. The zero-order chi connectivity index (χ0) is 19.4. The molecule has 0 spiro atoms. The first-order valence-corrected chi connectivity index (χ1v) is 8.36. The molecule has 0 saturated heterocycles. The van der Waals surface area contributed by atoms with Crippen LogP contribution in [0.25, 0.3) is 0 Å². The van der Waals surface area contributed by atoms with Gasteiger partial charge in [0.05, 0.1) is 11.3 Å². The molecule has 0 aliphatic carbocycles. The number of rotatable bonds is 5. The van der Waals surface area contributed by atoms with Gasteiger partial charge in [0, 0.05) is 12.5 Å². The average Bonchev–Trinajstić information content (AvgIpc) is 2.58.